The van der Waals surface area contributed by atoms with Crippen molar-refractivity contribution >= 4 is 41.7 Å². The fourth-order valence-electron chi connectivity index (χ4n) is 1.61. The Morgan fingerprint density at radius 3 is 2.64 bits per heavy atom. The summed E-state index contributed by atoms with van der Waals surface area (Å²) in [6, 6.07) is 6.56. The van der Waals surface area contributed by atoms with Gasteiger partial charge in [0.15, 0.2) is 5.96 Å². The Morgan fingerprint density at radius 2 is 2.00 bits per heavy atom. The van der Waals surface area contributed by atoms with Crippen LogP contribution in [-0.2, 0) is 4.74 Å². The predicted molar refractivity (Wildman–Crippen MR) is 103 cm³/mol. The van der Waals surface area contributed by atoms with Crippen LogP contribution in [0.5, 0.6) is 0 Å². The number of halogens is 2. The fourth-order valence-corrected chi connectivity index (χ4v) is 2.38. The van der Waals surface area contributed by atoms with Gasteiger partial charge in [0.2, 0.25) is 0 Å². The molecule has 0 fully saturated rings. The number of aliphatic imine (C=N–C) groups is 1. The summed E-state index contributed by atoms with van der Waals surface area (Å²) in [6.07, 6.45) is 0.914. The first-order valence-corrected chi connectivity index (χ1v) is 8.14. The average Bonchev–Trinajstić information content (AvgIpc) is 2.49. The lowest BCUT2D eigenvalue weighted by atomic mass is 10.4. The Hall–Kier alpha value is -0.540. The van der Waals surface area contributed by atoms with E-state index < -0.39 is 0 Å². The number of benzene rings is 1. The van der Waals surface area contributed by atoms with Gasteiger partial charge >= 0.3 is 0 Å². The number of nitrogens with one attached hydrogen (secondary N) is 2. The maximum Gasteiger partial charge on any atom is 0.191 e. The van der Waals surface area contributed by atoms with Crippen molar-refractivity contribution in [2.24, 2.45) is 4.99 Å². The van der Waals surface area contributed by atoms with Crippen molar-refractivity contribution in [2.75, 3.05) is 39.1 Å². The molecule has 0 spiro atoms. The topological polar surface area (TPSA) is 45.7 Å². The molecule has 126 valence electrons. The summed E-state index contributed by atoms with van der Waals surface area (Å²) in [7, 11) is 1.69. The van der Waals surface area contributed by atoms with Crippen LogP contribution in [0, 0.1) is 5.82 Å². The molecule has 0 bridgehead atoms. The number of methoxy groups -OCH3 is 1. The molecule has 0 unspecified atom stereocenters. The molecule has 0 amide bonds. The third kappa shape index (κ3) is 10.2. The van der Waals surface area contributed by atoms with E-state index in [1.54, 1.807) is 31.0 Å². The lowest BCUT2D eigenvalue weighted by Crippen LogP contribution is -2.38. The van der Waals surface area contributed by atoms with E-state index in [0.717, 1.165) is 49.3 Å². The van der Waals surface area contributed by atoms with Gasteiger partial charge in [-0.1, -0.05) is 0 Å². The molecule has 0 aliphatic rings. The quantitative estimate of drug-likeness (QED) is 0.203. The monoisotopic (exact) mass is 441 g/mol. The van der Waals surface area contributed by atoms with Crippen molar-refractivity contribution in [1.82, 2.24) is 10.6 Å². The van der Waals surface area contributed by atoms with E-state index in [2.05, 4.69) is 15.6 Å². The van der Waals surface area contributed by atoms with Gasteiger partial charge in [0.05, 0.1) is 0 Å². The van der Waals surface area contributed by atoms with Crippen LogP contribution in [0.25, 0.3) is 0 Å². The van der Waals surface area contributed by atoms with Gasteiger partial charge in [0, 0.05) is 44.0 Å². The maximum atomic E-state index is 12.8. The highest BCUT2D eigenvalue weighted by Gasteiger charge is 1.98. The number of rotatable bonds is 9. The summed E-state index contributed by atoms with van der Waals surface area (Å²) in [5, 5.41) is 6.49. The molecular weight excluding hydrogens is 416 g/mol. The molecule has 1 aromatic carbocycles. The highest BCUT2D eigenvalue weighted by molar-refractivity contribution is 14.0. The van der Waals surface area contributed by atoms with Gasteiger partial charge in [-0.25, -0.2) is 4.39 Å². The Morgan fingerprint density at radius 1 is 1.27 bits per heavy atom. The molecule has 22 heavy (non-hydrogen) atoms. The second kappa shape index (κ2) is 14.1. The number of thioether (sulfide) groups is 1. The van der Waals surface area contributed by atoms with E-state index >= 15 is 0 Å². The van der Waals surface area contributed by atoms with E-state index in [1.807, 2.05) is 6.92 Å². The first-order chi connectivity index (χ1) is 10.3. The minimum atomic E-state index is -0.199. The number of ether oxygens (including phenoxy) is 1. The molecular formula is C15H25FIN3OS. The Kier molecular flexibility index (Phi) is 13.7. The van der Waals surface area contributed by atoms with Crippen LogP contribution in [0.3, 0.4) is 0 Å². The number of nitrogens with zero attached hydrogens (tertiary/aromatic N) is 1. The first kappa shape index (κ1) is 21.5. The average molecular weight is 441 g/mol. The van der Waals surface area contributed by atoms with Gasteiger partial charge in [-0.2, -0.15) is 0 Å². The van der Waals surface area contributed by atoms with Crippen molar-refractivity contribution in [3.05, 3.63) is 30.1 Å². The highest BCUT2D eigenvalue weighted by Crippen LogP contribution is 2.17. The largest absolute Gasteiger partial charge is 0.385 e. The summed E-state index contributed by atoms with van der Waals surface area (Å²) in [5.41, 5.74) is 0. The minimum absolute atomic E-state index is 0. The minimum Gasteiger partial charge on any atom is -0.385 e. The van der Waals surface area contributed by atoms with Crippen LogP contribution in [0.15, 0.2) is 34.2 Å². The van der Waals surface area contributed by atoms with E-state index in [0.29, 0.717) is 0 Å². The first-order valence-electron chi connectivity index (χ1n) is 7.15. The molecule has 0 aliphatic heterocycles. The van der Waals surface area contributed by atoms with Gasteiger partial charge in [-0.05, 0) is 37.6 Å². The number of hydrogen-bond donors (Lipinski definition) is 2. The number of guanidine groups is 1. The highest BCUT2D eigenvalue weighted by atomic mass is 127. The molecule has 1 rings (SSSR count). The van der Waals surface area contributed by atoms with Crippen LogP contribution >= 0.6 is 35.7 Å². The number of hydrogen-bond acceptors (Lipinski definition) is 3. The molecule has 0 heterocycles. The van der Waals surface area contributed by atoms with Crippen LogP contribution in [0.2, 0.25) is 0 Å². The SMILES string of the molecule is CCNC(=NCCCOC)NCCSc1ccc(F)cc1.I. The summed E-state index contributed by atoms with van der Waals surface area (Å²) >= 11 is 1.69. The molecule has 0 aliphatic carbocycles. The standard InChI is InChI=1S/C15H24FN3OS.HI/c1-3-17-15(18-9-4-11-20-2)19-10-12-21-14-7-5-13(16)6-8-14;/h5-8H,3-4,9-12H2,1-2H3,(H2,17,18,19);1H. The van der Waals surface area contributed by atoms with Crippen molar-refractivity contribution in [2.45, 2.75) is 18.2 Å². The van der Waals surface area contributed by atoms with Crippen molar-refractivity contribution < 1.29 is 9.13 Å². The lowest BCUT2D eigenvalue weighted by molar-refractivity contribution is 0.197. The maximum absolute atomic E-state index is 12.8. The normalized spacial score (nSPS) is 11.0. The van der Waals surface area contributed by atoms with E-state index in [-0.39, 0.29) is 29.8 Å². The van der Waals surface area contributed by atoms with Crippen LogP contribution in [0.4, 0.5) is 4.39 Å². The zero-order chi connectivity index (χ0) is 15.3. The Bertz CT molecular complexity index is 418. The van der Waals surface area contributed by atoms with E-state index in [4.69, 9.17) is 4.74 Å². The molecule has 4 nitrogen and oxygen atoms in total. The molecule has 0 saturated heterocycles. The van der Waals surface area contributed by atoms with Gasteiger partial charge in [0.1, 0.15) is 5.82 Å². The zero-order valence-electron chi connectivity index (χ0n) is 13.1. The summed E-state index contributed by atoms with van der Waals surface area (Å²) < 4.78 is 17.8. The molecule has 0 atom stereocenters. The Labute approximate surface area is 153 Å². The molecule has 0 saturated carbocycles. The smallest absolute Gasteiger partial charge is 0.191 e. The van der Waals surface area contributed by atoms with Crippen molar-refractivity contribution in [3.63, 3.8) is 0 Å². The third-order valence-electron chi connectivity index (χ3n) is 2.60. The molecule has 0 radical (unpaired) electrons. The van der Waals surface area contributed by atoms with Crippen molar-refractivity contribution in [3.8, 4) is 0 Å². The second-order valence-electron chi connectivity index (χ2n) is 4.34. The van der Waals surface area contributed by atoms with Gasteiger partial charge in [-0.15, -0.1) is 35.7 Å². The molecule has 1 aromatic rings. The molecule has 7 heteroatoms. The molecule has 2 N–H and O–H groups in total. The lowest BCUT2D eigenvalue weighted by Gasteiger charge is -2.11. The third-order valence-corrected chi connectivity index (χ3v) is 3.61. The summed E-state index contributed by atoms with van der Waals surface area (Å²) in [4.78, 5) is 5.53. The predicted octanol–water partition coefficient (Wildman–Crippen LogP) is 3.13. The van der Waals surface area contributed by atoms with Crippen molar-refractivity contribution in [1.29, 1.82) is 0 Å². The van der Waals surface area contributed by atoms with Gasteiger partial charge in [-0.3, -0.25) is 4.99 Å². The van der Waals surface area contributed by atoms with Gasteiger partial charge in [0.25, 0.3) is 0 Å². The second-order valence-corrected chi connectivity index (χ2v) is 5.50. The van der Waals surface area contributed by atoms with Crippen LogP contribution in [-0.4, -0.2) is 45.1 Å². The van der Waals surface area contributed by atoms with Crippen LogP contribution < -0.4 is 10.6 Å². The molecule has 0 aromatic heterocycles. The summed E-state index contributed by atoms with van der Waals surface area (Å²) in [6.45, 7) is 5.15. The summed E-state index contributed by atoms with van der Waals surface area (Å²) in [5.74, 6) is 1.53. The van der Waals surface area contributed by atoms with E-state index in [1.165, 1.54) is 12.1 Å². The van der Waals surface area contributed by atoms with E-state index in [9.17, 15) is 4.39 Å². The van der Waals surface area contributed by atoms with Crippen LogP contribution in [0.1, 0.15) is 13.3 Å². The Balaban J connectivity index is 0.00000441. The van der Waals surface area contributed by atoms with Gasteiger partial charge < -0.3 is 15.4 Å². The fraction of sp³-hybridized carbons (Fsp3) is 0.533. The zero-order valence-corrected chi connectivity index (χ0v) is 16.2.